The van der Waals surface area contributed by atoms with Gasteiger partial charge in [0.05, 0.1) is 0 Å². The largest absolute Gasteiger partial charge is 0.299 e. The normalized spacial score (nSPS) is 41.2. The molecule has 0 N–H and O–H groups in total. The van der Waals surface area contributed by atoms with Crippen LogP contribution in [0.25, 0.3) is 5.57 Å². The Morgan fingerprint density at radius 1 is 0.815 bits per heavy atom. The zero-order valence-electron chi connectivity index (χ0n) is 16.6. The molecule has 4 aliphatic rings. The third kappa shape index (κ3) is 2.31. The lowest BCUT2D eigenvalue weighted by Crippen LogP contribution is -2.51. The van der Waals surface area contributed by atoms with Crippen LogP contribution in [0.1, 0.15) is 70.8 Å². The predicted octanol–water partition coefficient (Wildman–Crippen LogP) is 5.61. The first-order valence-electron chi connectivity index (χ1n) is 10.8. The van der Waals surface area contributed by atoms with Crippen LogP contribution >= 0.6 is 0 Å². The maximum absolute atomic E-state index is 12.9. The van der Waals surface area contributed by atoms with E-state index in [9.17, 15) is 9.59 Å². The molecule has 0 radical (unpaired) electrons. The lowest BCUT2D eigenvalue weighted by Gasteiger charge is -2.57. The number of Topliss-reactive ketones (excluding diaryl/α,β-unsaturated/α-hetero) is 2. The molecule has 3 unspecified atom stereocenters. The number of hydrogen-bond acceptors (Lipinski definition) is 2. The number of carbonyl (C=O) groups excluding carboxylic acids is 2. The highest BCUT2D eigenvalue weighted by Gasteiger charge is 2.59. The molecule has 0 saturated heterocycles. The highest BCUT2D eigenvalue weighted by Crippen LogP contribution is 2.65. The lowest BCUT2D eigenvalue weighted by molar-refractivity contribution is -0.132. The first kappa shape index (κ1) is 17.4. The summed E-state index contributed by atoms with van der Waals surface area (Å²) in [6.07, 6.45) is 7.95. The first-order chi connectivity index (χ1) is 12.9. The van der Waals surface area contributed by atoms with Crippen molar-refractivity contribution in [1.82, 2.24) is 0 Å². The molecule has 0 bridgehead atoms. The van der Waals surface area contributed by atoms with E-state index in [1.807, 2.05) is 18.2 Å². The summed E-state index contributed by atoms with van der Waals surface area (Å²) in [7, 11) is 0. The number of ketones is 2. The number of benzene rings is 1. The standard InChI is InChI=1S/C25H30O2/c1-24-15-13-21(26)23(16-6-4-3-5-7-16)20(24)9-8-17-18-10-11-22(27)25(18,2)14-12-19(17)24/h3-7,17-19H,8-15H2,1-2H3/t17?,18?,19?,24-,25+/m1/s1. The Morgan fingerprint density at radius 2 is 1.56 bits per heavy atom. The van der Waals surface area contributed by atoms with Crippen molar-refractivity contribution >= 4 is 17.1 Å². The Morgan fingerprint density at radius 3 is 2.33 bits per heavy atom. The van der Waals surface area contributed by atoms with E-state index < -0.39 is 0 Å². The molecular formula is C25H30O2. The maximum atomic E-state index is 12.9. The van der Waals surface area contributed by atoms with Crippen molar-refractivity contribution in [2.45, 2.75) is 65.2 Å². The van der Waals surface area contributed by atoms with Gasteiger partial charge in [-0.05, 0) is 67.3 Å². The van der Waals surface area contributed by atoms with Crippen molar-refractivity contribution in [2.24, 2.45) is 28.6 Å². The van der Waals surface area contributed by atoms with Gasteiger partial charge >= 0.3 is 0 Å². The van der Waals surface area contributed by atoms with Gasteiger partial charge in [0.2, 0.25) is 0 Å². The van der Waals surface area contributed by atoms with Crippen LogP contribution < -0.4 is 0 Å². The van der Waals surface area contributed by atoms with Gasteiger partial charge in [-0.15, -0.1) is 0 Å². The predicted molar refractivity (Wildman–Crippen MR) is 107 cm³/mol. The van der Waals surface area contributed by atoms with Gasteiger partial charge in [-0.2, -0.15) is 0 Å². The fourth-order valence-electron chi connectivity index (χ4n) is 7.43. The molecule has 0 amide bonds. The molecule has 0 aliphatic heterocycles. The van der Waals surface area contributed by atoms with E-state index in [-0.39, 0.29) is 10.8 Å². The lowest BCUT2D eigenvalue weighted by atomic mass is 9.46. The Hall–Kier alpha value is -1.70. The van der Waals surface area contributed by atoms with E-state index in [4.69, 9.17) is 0 Å². The van der Waals surface area contributed by atoms with Crippen LogP contribution in [0.5, 0.6) is 0 Å². The highest BCUT2D eigenvalue weighted by molar-refractivity contribution is 6.22. The van der Waals surface area contributed by atoms with Gasteiger partial charge < -0.3 is 0 Å². The summed E-state index contributed by atoms with van der Waals surface area (Å²) in [6, 6.07) is 10.3. The van der Waals surface area contributed by atoms with Gasteiger partial charge in [0.1, 0.15) is 5.78 Å². The molecule has 2 nitrogen and oxygen atoms in total. The summed E-state index contributed by atoms with van der Waals surface area (Å²) in [5.74, 6) is 2.72. The topological polar surface area (TPSA) is 34.1 Å². The summed E-state index contributed by atoms with van der Waals surface area (Å²) in [4.78, 5) is 25.5. The van der Waals surface area contributed by atoms with Crippen molar-refractivity contribution in [3.05, 3.63) is 41.5 Å². The molecule has 5 atom stereocenters. The van der Waals surface area contributed by atoms with Crippen LogP contribution in [0.2, 0.25) is 0 Å². The molecule has 142 valence electrons. The fraction of sp³-hybridized carbons (Fsp3) is 0.600. The van der Waals surface area contributed by atoms with Gasteiger partial charge in [0.15, 0.2) is 5.78 Å². The van der Waals surface area contributed by atoms with Gasteiger partial charge in [-0.3, -0.25) is 9.59 Å². The second-order valence-corrected chi connectivity index (χ2v) is 9.89. The van der Waals surface area contributed by atoms with Crippen LogP contribution in [-0.2, 0) is 9.59 Å². The van der Waals surface area contributed by atoms with Crippen LogP contribution in [-0.4, -0.2) is 11.6 Å². The van der Waals surface area contributed by atoms with Crippen LogP contribution in [0.3, 0.4) is 0 Å². The Balaban J connectivity index is 1.58. The molecule has 5 rings (SSSR count). The molecule has 3 saturated carbocycles. The van der Waals surface area contributed by atoms with Gasteiger partial charge in [-0.25, -0.2) is 0 Å². The summed E-state index contributed by atoms with van der Waals surface area (Å²) in [5, 5.41) is 0. The number of carbonyl (C=O) groups is 2. The molecular weight excluding hydrogens is 332 g/mol. The SMILES string of the molecule is C[C@]12CCC(=O)C(c3ccccc3)=C1CCC1C2CC[C@]2(C)C(=O)CCC12. The molecule has 0 spiro atoms. The molecule has 3 fully saturated rings. The molecule has 0 aromatic heterocycles. The van der Waals surface area contributed by atoms with E-state index in [0.29, 0.717) is 35.7 Å². The van der Waals surface area contributed by atoms with Gasteiger partial charge in [-0.1, -0.05) is 49.8 Å². The van der Waals surface area contributed by atoms with Crippen LogP contribution in [0, 0.1) is 28.6 Å². The average Bonchev–Trinajstić information content (AvgIpc) is 2.98. The van der Waals surface area contributed by atoms with Gasteiger partial charge in [0.25, 0.3) is 0 Å². The Labute approximate surface area is 162 Å². The van der Waals surface area contributed by atoms with E-state index >= 15 is 0 Å². The molecule has 27 heavy (non-hydrogen) atoms. The zero-order chi connectivity index (χ0) is 18.8. The average molecular weight is 363 g/mol. The number of hydrogen-bond donors (Lipinski definition) is 0. The highest BCUT2D eigenvalue weighted by atomic mass is 16.1. The maximum Gasteiger partial charge on any atom is 0.163 e. The summed E-state index contributed by atoms with van der Waals surface area (Å²) in [5.41, 5.74) is 3.64. The quantitative estimate of drug-likeness (QED) is 0.650. The molecule has 2 heteroatoms. The van der Waals surface area contributed by atoms with Crippen molar-refractivity contribution < 1.29 is 9.59 Å². The second-order valence-electron chi connectivity index (χ2n) is 9.89. The van der Waals surface area contributed by atoms with Crippen LogP contribution in [0.15, 0.2) is 35.9 Å². The first-order valence-corrected chi connectivity index (χ1v) is 10.8. The van der Waals surface area contributed by atoms with Crippen molar-refractivity contribution in [1.29, 1.82) is 0 Å². The van der Waals surface area contributed by atoms with E-state index in [0.717, 1.165) is 56.1 Å². The summed E-state index contributed by atoms with van der Waals surface area (Å²) in [6.45, 7) is 4.69. The summed E-state index contributed by atoms with van der Waals surface area (Å²) >= 11 is 0. The molecule has 4 aliphatic carbocycles. The summed E-state index contributed by atoms with van der Waals surface area (Å²) < 4.78 is 0. The zero-order valence-corrected chi connectivity index (χ0v) is 16.6. The number of fused-ring (bicyclic) bond motifs is 5. The van der Waals surface area contributed by atoms with E-state index in [1.165, 1.54) is 5.57 Å². The van der Waals surface area contributed by atoms with Crippen LogP contribution in [0.4, 0.5) is 0 Å². The van der Waals surface area contributed by atoms with Crippen molar-refractivity contribution in [3.8, 4) is 0 Å². The minimum atomic E-state index is -0.0640. The van der Waals surface area contributed by atoms with E-state index in [1.54, 1.807) is 0 Å². The van der Waals surface area contributed by atoms with Crippen molar-refractivity contribution in [2.75, 3.05) is 0 Å². The minimum absolute atomic E-state index is 0.0640. The minimum Gasteiger partial charge on any atom is -0.299 e. The number of rotatable bonds is 1. The third-order valence-electron chi connectivity index (χ3n) is 8.90. The van der Waals surface area contributed by atoms with Gasteiger partial charge in [0, 0.05) is 23.8 Å². The number of allylic oxidation sites excluding steroid dienone is 1. The third-order valence-corrected chi connectivity index (χ3v) is 8.90. The fourth-order valence-corrected chi connectivity index (χ4v) is 7.43. The monoisotopic (exact) mass is 362 g/mol. The van der Waals surface area contributed by atoms with E-state index in [2.05, 4.69) is 26.0 Å². The molecule has 1 aromatic rings. The van der Waals surface area contributed by atoms with Crippen molar-refractivity contribution in [3.63, 3.8) is 0 Å². The second kappa shape index (κ2) is 5.90. The Kier molecular flexibility index (Phi) is 3.80. The molecule has 1 aromatic carbocycles. The smallest absolute Gasteiger partial charge is 0.163 e. The molecule has 0 heterocycles. The Bertz CT molecular complexity index is 835.